The predicted octanol–water partition coefficient (Wildman–Crippen LogP) is 4.45. The molecule has 1 heterocycles. The number of nitrogens with zero attached hydrogens (tertiary/aromatic N) is 2. The van der Waals surface area contributed by atoms with Crippen LogP contribution in [-0.2, 0) is 18.4 Å². The maximum atomic E-state index is 9.24. The summed E-state index contributed by atoms with van der Waals surface area (Å²) in [6.45, 7) is 8.73. The Kier molecular flexibility index (Phi) is 4.64. The molecule has 4 heteroatoms. The zero-order valence-corrected chi connectivity index (χ0v) is 13.8. The number of benzene rings is 1. The summed E-state index contributed by atoms with van der Waals surface area (Å²) in [6, 6.07) is 10.3. The maximum Gasteiger partial charge on any atom is 0.140 e. The molecule has 1 aromatic carbocycles. The van der Waals surface area contributed by atoms with Crippen molar-refractivity contribution in [1.29, 1.82) is 5.26 Å². The molecule has 0 N–H and O–H groups in total. The van der Waals surface area contributed by atoms with E-state index in [1.54, 1.807) is 0 Å². The third-order valence-electron chi connectivity index (χ3n) is 3.19. The Bertz CT molecular complexity index is 662. The molecular weight excluding hydrogens is 280 g/mol. The number of para-hydroxylation sites is 1. The normalized spacial score (nSPS) is 11.2. The van der Waals surface area contributed by atoms with E-state index in [9.17, 15) is 5.26 Å². The van der Waals surface area contributed by atoms with Crippen molar-refractivity contribution in [2.75, 3.05) is 0 Å². The quantitative estimate of drug-likeness (QED) is 0.837. The first-order chi connectivity index (χ1) is 9.95. The molecule has 110 valence electrons. The summed E-state index contributed by atoms with van der Waals surface area (Å²) in [5.41, 5.74) is 1.92. The molecule has 0 aliphatic heterocycles. The minimum Gasteiger partial charge on any atom is -0.486 e. The average Bonchev–Trinajstić information content (AvgIpc) is 2.89. The highest BCUT2D eigenvalue weighted by atomic mass is 32.1. The second kappa shape index (κ2) is 6.28. The Morgan fingerprint density at radius 3 is 2.57 bits per heavy atom. The Labute approximate surface area is 130 Å². The Morgan fingerprint density at radius 1 is 1.29 bits per heavy atom. The number of ether oxygens (including phenoxy) is 1. The van der Waals surface area contributed by atoms with Gasteiger partial charge in [-0.15, -0.1) is 11.3 Å². The average molecular weight is 300 g/mol. The number of aromatic nitrogens is 1. The summed E-state index contributed by atoms with van der Waals surface area (Å²) in [5.74, 6) is 0.894. The van der Waals surface area contributed by atoms with Crippen molar-refractivity contribution >= 4 is 11.3 Å². The molecule has 0 aliphatic carbocycles. The second-order valence-corrected chi connectivity index (χ2v) is 6.98. The monoisotopic (exact) mass is 300 g/mol. The summed E-state index contributed by atoms with van der Waals surface area (Å²) in [5, 5.41) is 10.1. The molecule has 21 heavy (non-hydrogen) atoms. The van der Waals surface area contributed by atoms with Gasteiger partial charge in [-0.3, -0.25) is 0 Å². The molecule has 0 spiro atoms. The lowest BCUT2D eigenvalue weighted by Gasteiger charge is -2.15. The Hall–Kier alpha value is -1.86. The van der Waals surface area contributed by atoms with E-state index >= 15 is 0 Å². The van der Waals surface area contributed by atoms with Crippen LogP contribution < -0.4 is 4.74 Å². The first-order valence-electron chi connectivity index (χ1n) is 7.06. The van der Waals surface area contributed by atoms with Crippen LogP contribution in [-0.4, -0.2) is 4.98 Å². The molecular formula is C17H20N2OS. The van der Waals surface area contributed by atoms with Gasteiger partial charge in [0.05, 0.1) is 5.69 Å². The highest BCUT2D eigenvalue weighted by Crippen LogP contribution is 2.30. The third kappa shape index (κ3) is 3.62. The molecule has 0 atom stereocenters. The summed E-state index contributed by atoms with van der Waals surface area (Å²) in [7, 11) is 0. The van der Waals surface area contributed by atoms with Gasteiger partial charge in [0.2, 0.25) is 0 Å². The standard InChI is InChI=1S/C17H20N2OS/c1-5-12-8-6-7-9-13(12)20-11-15-19-16(17(2,3)4)14(10-18)21-15/h6-9H,5,11H2,1-4H3. The second-order valence-electron chi connectivity index (χ2n) is 5.90. The zero-order chi connectivity index (χ0) is 15.5. The van der Waals surface area contributed by atoms with Crippen LogP contribution in [0.4, 0.5) is 0 Å². The summed E-state index contributed by atoms with van der Waals surface area (Å²) < 4.78 is 5.88. The van der Waals surface area contributed by atoms with Gasteiger partial charge in [-0.2, -0.15) is 5.26 Å². The molecule has 0 saturated carbocycles. The summed E-state index contributed by atoms with van der Waals surface area (Å²) >= 11 is 1.42. The fourth-order valence-electron chi connectivity index (χ4n) is 2.09. The molecule has 3 nitrogen and oxygen atoms in total. The van der Waals surface area contributed by atoms with Crippen LogP contribution >= 0.6 is 11.3 Å². The molecule has 0 saturated heterocycles. The van der Waals surface area contributed by atoms with Crippen LogP contribution in [0.3, 0.4) is 0 Å². The van der Waals surface area contributed by atoms with E-state index in [2.05, 4.69) is 44.8 Å². The number of aryl methyl sites for hydroxylation is 1. The van der Waals surface area contributed by atoms with Crippen LogP contribution in [0.15, 0.2) is 24.3 Å². The van der Waals surface area contributed by atoms with Gasteiger partial charge in [0, 0.05) is 5.41 Å². The van der Waals surface area contributed by atoms with Crippen LogP contribution in [0.5, 0.6) is 5.75 Å². The predicted molar refractivity (Wildman–Crippen MR) is 85.7 cm³/mol. The minimum absolute atomic E-state index is 0.124. The molecule has 0 unspecified atom stereocenters. The molecule has 2 aromatic rings. The van der Waals surface area contributed by atoms with Gasteiger partial charge in [0.15, 0.2) is 0 Å². The third-order valence-corrected chi connectivity index (χ3v) is 4.12. The van der Waals surface area contributed by atoms with Gasteiger partial charge in [-0.05, 0) is 18.1 Å². The van der Waals surface area contributed by atoms with E-state index in [-0.39, 0.29) is 5.41 Å². The van der Waals surface area contributed by atoms with Gasteiger partial charge < -0.3 is 4.74 Å². The van der Waals surface area contributed by atoms with Crippen molar-refractivity contribution in [3.8, 4) is 11.8 Å². The fourth-order valence-corrected chi connectivity index (χ4v) is 3.07. The number of hydrogen-bond acceptors (Lipinski definition) is 4. The molecule has 2 rings (SSSR count). The highest BCUT2D eigenvalue weighted by molar-refractivity contribution is 7.12. The Balaban J connectivity index is 2.18. The number of nitriles is 1. The van der Waals surface area contributed by atoms with E-state index in [1.165, 1.54) is 16.9 Å². The highest BCUT2D eigenvalue weighted by Gasteiger charge is 2.23. The van der Waals surface area contributed by atoms with Crippen molar-refractivity contribution in [2.24, 2.45) is 0 Å². The van der Waals surface area contributed by atoms with Gasteiger partial charge in [-0.1, -0.05) is 45.9 Å². The number of hydrogen-bond donors (Lipinski definition) is 0. The zero-order valence-electron chi connectivity index (χ0n) is 12.9. The van der Waals surface area contributed by atoms with Gasteiger partial charge in [0.25, 0.3) is 0 Å². The van der Waals surface area contributed by atoms with E-state index in [1.807, 2.05) is 18.2 Å². The van der Waals surface area contributed by atoms with Crippen molar-refractivity contribution < 1.29 is 4.74 Å². The van der Waals surface area contributed by atoms with E-state index in [4.69, 9.17) is 4.74 Å². The molecule has 0 fully saturated rings. The van der Waals surface area contributed by atoms with Crippen molar-refractivity contribution in [1.82, 2.24) is 4.98 Å². The van der Waals surface area contributed by atoms with E-state index < -0.39 is 0 Å². The lowest BCUT2D eigenvalue weighted by molar-refractivity contribution is 0.302. The van der Waals surface area contributed by atoms with Gasteiger partial charge in [0.1, 0.15) is 28.3 Å². The van der Waals surface area contributed by atoms with Crippen molar-refractivity contribution in [3.05, 3.63) is 45.4 Å². The van der Waals surface area contributed by atoms with Crippen molar-refractivity contribution in [2.45, 2.75) is 46.1 Å². The summed E-state index contributed by atoms with van der Waals surface area (Å²) in [6.07, 6.45) is 0.935. The van der Waals surface area contributed by atoms with Crippen LogP contribution in [0.25, 0.3) is 0 Å². The smallest absolute Gasteiger partial charge is 0.140 e. The van der Waals surface area contributed by atoms with E-state index in [0.29, 0.717) is 11.5 Å². The molecule has 1 aromatic heterocycles. The minimum atomic E-state index is -0.124. The van der Waals surface area contributed by atoms with E-state index in [0.717, 1.165) is 22.9 Å². The molecule has 0 radical (unpaired) electrons. The maximum absolute atomic E-state index is 9.24. The molecule has 0 amide bonds. The topological polar surface area (TPSA) is 45.9 Å². The lowest BCUT2D eigenvalue weighted by atomic mass is 9.91. The fraction of sp³-hybridized carbons (Fsp3) is 0.412. The van der Waals surface area contributed by atoms with Crippen LogP contribution in [0, 0.1) is 11.3 Å². The molecule has 0 aliphatic rings. The van der Waals surface area contributed by atoms with Crippen LogP contribution in [0.1, 0.15) is 48.8 Å². The molecule has 0 bridgehead atoms. The Morgan fingerprint density at radius 2 is 2.00 bits per heavy atom. The lowest BCUT2D eigenvalue weighted by Crippen LogP contribution is -2.13. The van der Waals surface area contributed by atoms with Gasteiger partial charge in [-0.25, -0.2) is 4.98 Å². The summed E-state index contributed by atoms with van der Waals surface area (Å²) in [4.78, 5) is 5.28. The van der Waals surface area contributed by atoms with Crippen molar-refractivity contribution in [3.63, 3.8) is 0 Å². The SMILES string of the molecule is CCc1ccccc1OCc1nc(C(C)(C)C)c(C#N)s1. The number of thiazole rings is 1. The van der Waals surface area contributed by atoms with Gasteiger partial charge >= 0.3 is 0 Å². The largest absolute Gasteiger partial charge is 0.486 e. The first-order valence-corrected chi connectivity index (χ1v) is 7.88. The van der Waals surface area contributed by atoms with Crippen LogP contribution in [0.2, 0.25) is 0 Å². The number of rotatable bonds is 4. The first kappa shape index (κ1) is 15.5.